The van der Waals surface area contributed by atoms with Crippen molar-refractivity contribution in [1.29, 1.82) is 0 Å². The largest absolute Gasteiger partial charge is 0.493 e. The Bertz CT molecular complexity index is 1030. The molecule has 10 heteroatoms. The average Bonchev–Trinajstić information content (AvgIpc) is 2.82. The van der Waals surface area contributed by atoms with Crippen molar-refractivity contribution in [3.63, 3.8) is 0 Å². The highest BCUT2D eigenvalue weighted by Gasteiger charge is 2.12. The Kier molecular flexibility index (Phi) is 7.63. The second kappa shape index (κ2) is 10.8. The maximum absolute atomic E-state index is 5.37. The van der Waals surface area contributed by atoms with Gasteiger partial charge in [-0.2, -0.15) is 20.1 Å². The summed E-state index contributed by atoms with van der Waals surface area (Å²) in [6, 6.07) is 13.6. The van der Waals surface area contributed by atoms with E-state index in [9.17, 15) is 0 Å². The van der Waals surface area contributed by atoms with Gasteiger partial charge in [-0.25, -0.2) is 5.43 Å². The molecule has 32 heavy (non-hydrogen) atoms. The van der Waals surface area contributed by atoms with Gasteiger partial charge in [0.25, 0.3) is 0 Å². The Morgan fingerprint density at radius 1 is 0.906 bits per heavy atom. The number of aromatic nitrogens is 3. The molecule has 0 unspecified atom stereocenters. The lowest BCUT2D eigenvalue weighted by molar-refractivity contribution is 0.324. The molecule has 0 saturated heterocycles. The molecule has 0 saturated carbocycles. The van der Waals surface area contributed by atoms with Crippen molar-refractivity contribution in [2.75, 3.05) is 51.1 Å². The molecule has 0 aliphatic carbocycles. The van der Waals surface area contributed by atoms with E-state index in [1.165, 1.54) is 0 Å². The van der Waals surface area contributed by atoms with E-state index in [4.69, 9.17) is 14.2 Å². The van der Waals surface area contributed by atoms with E-state index in [2.05, 4.69) is 30.8 Å². The summed E-state index contributed by atoms with van der Waals surface area (Å²) in [5.74, 6) is 2.84. The fraction of sp³-hybridized carbons (Fsp3) is 0.273. The van der Waals surface area contributed by atoms with Crippen LogP contribution in [-0.2, 0) is 6.54 Å². The zero-order valence-electron chi connectivity index (χ0n) is 18.8. The van der Waals surface area contributed by atoms with Crippen molar-refractivity contribution < 1.29 is 14.2 Å². The van der Waals surface area contributed by atoms with Crippen LogP contribution in [0.1, 0.15) is 11.1 Å². The molecule has 0 spiro atoms. The number of benzene rings is 2. The summed E-state index contributed by atoms with van der Waals surface area (Å²) in [5.41, 5.74) is 4.72. The van der Waals surface area contributed by atoms with Gasteiger partial charge in [0.1, 0.15) is 0 Å². The molecular formula is C22H27N7O3. The first-order valence-corrected chi connectivity index (χ1v) is 9.84. The van der Waals surface area contributed by atoms with Crippen LogP contribution in [0.2, 0.25) is 0 Å². The van der Waals surface area contributed by atoms with Crippen molar-refractivity contribution in [2.24, 2.45) is 5.10 Å². The zero-order valence-corrected chi connectivity index (χ0v) is 18.8. The van der Waals surface area contributed by atoms with Crippen molar-refractivity contribution >= 4 is 24.1 Å². The fourth-order valence-corrected chi connectivity index (χ4v) is 2.81. The van der Waals surface area contributed by atoms with Gasteiger partial charge in [-0.3, -0.25) is 0 Å². The number of anilines is 3. The monoisotopic (exact) mass is 437 g/mol. The predicted molar refractivity (Wildman–Crippen MR) is 125 cm³/mol. The first kappa shape index (κ1) is 22.6. The van der Waals surface area contributed by atoms with Gasteiger partial charge in [-0.05, 0) is 17.7 Å². The Hall–Kier alpha value is -4.08. The van der Waals surface area contributed by atoms with Crippen LogP contribution in [0.3, 0.4) is 0 Å². The van der Waals surface area contributed by atoms with E-state index in [1.807, 2.05) is 44.4 Å². The third kappa shape index (κ3) is 5.75. The van der Waals surface area contributed by atoms with Gasteiger partial charge in [0.15, 0.2) is 11.5 Å². The quantitative estimate of drug-likeness (QED) is 0.366. The van der Waals surface area contributed by atoms with Gasteiger partial charge >= 0.3 is 0 Å². The first-order chi connectivity index (χ1) is 15.5. The van der Waals surface area contributed by atoms with Crippen molar-refractivity contribution in [2.45, 2.75) is 6.54 Å². The highest BCUT2D eigenvalue weighted by atomic mass is 16.5. The molecular weight excluding hydrogens is 410 g/mol. The lowest BCUT2D eigenvalue weighted by atomic mass is 10.2. The second-order valence-corrected chi connectivity index (χ2v) is 6.84. The third-order valence-electron chi connectivity index (χ3n) is 4.38. The van der Waals surface area contributed by atoms with Gasteiger partial charge in [-0.15, -0.1) is 0 Å². The molecule has 10 nitrogen and oxygen atoms in total. The minimum absolute atomic E-state index is 0.308. The number of ether oxygens (including phenoxy) is 3. The molecule has 0 fully saturated rings. The van der Waals surface area contributed by atoms with Gasteiger partial charge < -0.3 is 24.4 Å². The molecule has 2 N–H and O–H groups in total. The van der Waals surface area contributed by atoms with Crippen LogP contribution >= 0.6 is 0 Å². The average molecular weight is 438 g/mol. The molecule has 0 aliphatic rings. The normalized spacial score (nSPS) is 10.7. The first-order valence-electron chi connectivity index (χ1n) is 9.84. The van der Waals surface area contributed by atoms with Crippen molar-refractivity contribution in [3.05, 3.63) is 53.6 Å². The van der Waals surface area contributed by atoms with Crippen LogP contribution in [0.5, 0.6) is 17.2 Å². The number of hydrogen-bond donors (Lipinski definition) is 2. The zero-order chi connectivity index (χ0) is 22.9. The minimum atomic E-state index is 0.308. The summed E-state index contributed by atoms with van der Waals surface area (Å²) >= 11 is 0. The standard InChI is InChI=1S/C22H27N7O3/c1-29(2)22-26-20(23-13-15-9-7-6-8-10-15)25-21(27-22)28-24-14-16-11-17(30-3)19(32-5)18(12-16)31-4/h6-12,14H,13H2,1-5H3,(H2,23,25,26,27,28). The van der Waals surface area contributed by atoms with E-state index in [1.54, 1.807) is 44.6 Å². The Morgan fingerprint density at radius 3 is 2.16 bits per heavy atom. The van der Waals surface area contributed by atoms with Gasteiger partial charge in [-0.1, -0.05) is 30.3 Å². The number of methoxy groups -OCH3 is 3. The van der Waals surface area contributed by atoms with Crippen LogP contribution < -0.4 is 29.9 Å². The second-order valence-electron chi connectivity index (χ2n) is 6.84. The van der Waals surface area contributed by atoms with Crippen LogP contribution in [-0.4, -0.2) is 56.6 Å². The summed E-state index contributed by atoms with van der Waals surface area (Å²) in [5, 5.41) is 7.47. The fourth-order valence-electron chi connectivity index (χ4n) is 2.81. The molecule has 3 rings (SSSR count). The summed E-state index contributed by atoms with van der Waals surface area (Å²) in [4.78, 5) is 15.0. The molecule has 3 aromatic rings. The SMILES string of the molecule is COc1cc(C=NNc2nc(NCc3ccccc3)nc(N(C)C)n2)cc(OC)c1OC. The number of nitrogens with zero attached hydrogens (tertiary/aromatic N) is 5. The number of hydrazone groups is 1. The molecule has 2 aromatic carbocycles. The minimum Gasteiger partial charge on any atom is -0.493 e. The van der Waals surface area contributed by atoms with Crippen LogP contribution in [0, 0.1) is 0 Å². The van der Waals surface area contributed by atoms with Crippen molar-refractivity contribution in [1.82, 2.24) is 15.0 Å². The number of rotatable bonds is 10. The Balaban J connectivity index is 1.77. The van der Waals surface area contributed by atoms with Crippen LogP contribution in [0.4, 0.5) is 17.8 Å². The molecule has 0 atom stereocenters. The summed E-state index contributed by atoms with van der Waals surface area (Å²) in [6.45, 7) is 0.589. The smallest absolute Gasteiger partial charge is 0.250 e. The van der Waals surface area contributed by atoms with Crippen LogP contribution in [0.25, 0.3) is 0 Å². The topological polar surface area (TPSA) is 106 Å². The molecule has 168 valence electrons. The lowest BCUT2D eigenvalue weighted by Gasteiger charge is -2.13. The highest BCUT2D eigenvalue weighted by molar-refractivity contribution is 5.82. The number of hydrogen-bond acceptors (Lipinski definition) is 10. The lowest BCUT2D eigenvalue weighted by Crippen LogP contribution is -2.16. The van der Waals surface area contributed by atoms with Gasteiger partial charge in [0.2, 0.25) is 23.6 Å². The molecule has 0 bridgehead atoms. The molecule has 0 amide bonds. The summed E-state index contributed by atoms with van der Waals surface area (Å²) in [6.07, 6.45) is 1.61. The molecule has 0 radical (unpaired) electrons. The maximum atomic E-state index is 5.37. The van der Waals surface area contributed by atoms with E-state index in [-0.39, 0.29) is 0 Å². The maximum Gasteiger partial charge on any atom is 0.250 e. The number of nitrogens with one attached hydrogen (secondary N) is 2. The Labute approximate surface area is 187 Å². The third-order valence-corrected chi connectivity index (χ3v) is 4.38. The molecule has 0 aliphatic heterocycles. The Morgan fingerprint density at radius 2 is 1.56 bits per heavy atom. The summed E-state index contributed by atoms with van der Waals surface area (Å²) < 4.78 is 16.1. The molecule has 1 heterocycles. The van der Waals surface area contributed by atoms with E-state index in [0.717, 1.165) is 11.1 Å². The van der Waals surface area contributed by atoms with Crippen molar-refractivity contribution in [3.8, 4) is 17.2 Å². The van der Waals surface area contributed by atoms with E-state index < -0.39 is 0 Å². The highest BCUT2D eigenvalue weighted by Crippen LogP contribution is 2.37. The van der Waals surface area contributed by atoms with Crippen LogP contribution in [0.15, 0.2) is 47.6 Å². The predicted octanol–water partition coefficient (Wildman–Crippen LogP) is 3.02. The van der Waals surface area contributed by atoms with Gasteiger partial charge in [0.05, 0.1) is 27.5 Å². The summed E-state index contributed by atoms with van der Waals surface area (Å²) in [7, 11) is 8.41. The van der Waals surface area contributed by atoms with E-state index >= 15 is 0 Å². The van der Waals surface area contributed by atoms with E-state index in [0.29, 0.717) is 41.6 Å². The van der Waals surface area contributed by atoms with Gasteiger partial charge in [0, 0.05) is 26.2 Å². The molecule has 1 aromatic heterocycles.